The van der Waals surface area contributed by atoms with Gasteiger partial charge in [0, 0.05) is 16.5 Å². The van der Waals surface area contributed by atoms with Crippen LogP contribution >= 0.6 is 0 Å². The highest BCUT2D eigenvalue weighted by molar-refractivity contribution is 6.30. The van der Waals surface area contributed by atoms with Gasteiger partial charge in [-0.25, -0.2) is 0 Å². The second kappa shape index (κ2) is 12.8. The van der Waals surface area contributed by atoms with Crippen LogP contribution in [0.1, 0.15) is 26.3 Å². The predicted octanol–water partition coefficient (Wildman–Crippen LogP) is 15.7. The van der Waals surface area contributed by atoms with Crippen molar-refractivity contribution in [1.82, 2.24) is 4.57 Å². The zero-order valence-corrected chi connectivity index (χ0v) is 32.4. The molecule has 1 heteroatoms. The zero-order valence-electron chi connectivity index (χ0n) is 32.4. The van der Waals surface area contributed by atoms with E-state index in [1.165, 1.54) is 104 Å². The molecule has 0 unspecified atom stereocenters. The summed E-state index contributed by atoms with van der Waals surface area (Å²) in [5, 5.41) is 12.9. The van der Waals surface area contributed by atoms with Gasteiger partial charge in [-0.2, -0.15) is 0 Å². The first-order chi connectivity index (χ1) is 28.0. The van der Waals surface area contributed by atoms with E-state index in [2.05, 4.69) is 219 Å². The molecule has 0 N–H and O–H groups in total. The molecule has 1 heterocycles. The number of fused-ring (bicyclic) bond motifs is 9. The summed E-state index contributed by atoms with van der Waals surface area (Å²) in [4.78, 5) is 0. The number of hydrogen-bond donors (Lipinski definition) is 0. The molecular weight excluding hydrogens is 687 g/mol. The maximum absolute atomic E-state index is 2.48. The van der Waals surface area contributed by atoms with Crippen molar-refractivity contribution in [2.45, 2.75) is 26.2 Å². The average Bonchev–Trinajstić information content (AvgIpc) is 3.60. The second-order valence-corrected chi connectivity index (χ2v) is 16.4. The van der Waals surface area contributed by atoms with Crippen molar-refractivity contribution < 1.29 is 0 Å². The average molecular weight is 728 g/mol. The molecule has 1 nitrogen and oxygen atoms in total. The molecule has 11 aromatic rings. The highest BCUT2D eigenvalue weighted by Crippen LogP contribution is 2.47. The lowest BCUT2D eigenvalue weighted by Crippen LogP contribution is -2.11. The minimum absolute atomic E-state index is 0.0227. The van der Waals surface area contributed by atoms with E-state index in [4.69, 9.17) is 0 Å². The zero-order chi connectivity index (χ0) is 38.3. The highest BCUT2D eigenvalue weighted by atomic mass is 15.0. The molecule has 1 aromatic heterocycles. The van der Waals surface area contributed by atoms with E-state index in [9.17, 15) is 0 Å². The van der Waals surface area contributed by atoms with Crippen LogP contribution in [0.15, 0.2) is 194 Å². The maximum Gasteiger partial charge on any atom is 0.0553 e. The van der Waals surface area contributed by atoms with Crippen LogP contribution in [0, 0.1) is 0 Å². The van der Waals surface area contributed by atoms with Gasteiger partial charge in [-0.15, -0.1) is 0 Å². The third kappa shape index (κ3) is 5.16. The topological polar surface area (TPSA) is 4.93 Å². The third-order valence-corrected chi connectivity index (χ3v) is 12.1. The van der Waals surface area contributed by atoms with E-state index in [0.29, 0.717) is 0 Å². The number of para-hydroxylation sites is 1. The van der Waals surface area contributed by atoms with Crippen LogP contribution in [-0.4, -0.2) is 4.57 Å². The van der Waals surface area contributed by atoms with Gasteiger partial charge in [0.2, 0.25) is 0 Å². The lowest BCUT2D eigenvalue weighted by atomic mass is 9.83. The summed E-state index contributed by atoms with van der Waals surface area (Å²) in [6, 6.07) is 71.8. The van der Waals surface area contributed by atoms with E-state index in [0.717, 1.165) is 5.69 Å². The Morgan fingerprint density at radius 3 is 1.39 bits per heavy atom. The first-order valence-electron chi connectivity index (χ1n) is 20.0. The molecule has 0 atom stereocenters. The quantitative estimate of drug-likeness (QED) is 0.159. The van der Waals surface area contributed by atoms with Gasteiger partial charge in [-0.3, -0.25) is 0 Å². The van der Waals surface area contributed by atoms with Crippen molar-refractivity contribution in [2.24, 2.45) is 0 Å². The van der Waals surface area contributed by atoms with Crippen LogP contribution in [0.4, 0.5) is 0 Å². The van der Waals surface area contributed by atoms with Crippen molar-refractivity contribution in [3.63, 3.8) is 0 Å². The summed E-state index contributed by atoms with van der Waals surface area (Å²) >= 11 is 0. The summed E-state index contributed by atoms with van der Waals surface area (Å²) in [6.45, 7) is 6.95. The molecule has 0 aliphatic heterocycles. The fourth-order valence-electron chi connectivity index (χ4n) is 9.64. The minimum Gasteiger partial charge on any atom is -0.309 e. The van der Waals surface area contributed by atoms with Gasteiger partial charge in [-0.1, -0.05) is 191 Å². The molecule has 0 aliphatic carbocycles. The van der Waals surface area contributed by atoms with Crippen molar-refractivity contribution in [1.29, 1.82) is 0 Å². The van der Waals surface area contributed by atoms with Crippen LogP contribution in [0.2, 0.25) is 0 Å². The highest BCUT2D eigenvalue weighted by Gasteiger charge is 2.23. The van der Waals surface area contributed by atoms with Crippen LogP contribution < -0.4 is 0 Å². The van der Waals surface area contributed by atoms with Gasteiger partial charge in [-0.05, 0) is 112 Å². The molecule has 270 valence electrons. The first kappa shape index (κ1) is 33.4. The maximum atomic E-state index is 2.48. The van der Waals surface area contributed by atoms with Crippen LogP contribution in [-0.2, 0) is 5.41 Å². The monoisotopic (exact) mass is 727 g/mol. The summed E-state index contributed by atoms with van der Waals surface area (Å²) in [5.41, 5.74) is 12.5. The van der Waals surface area contributed by atoms with Gasteiger partial charge in [0.05, 0.1) is 11.0 Å². The molecule has 10 aromatic carbocycles. The lowest BCUT2D eigenvalue weighted by Gasteiger charge is -2.21. The molecule has 0 saturated heterocycles. The van der Waals surface area contributed by atoms with Gasteiger partial charge in [0.15, 0.2) is 0 Å². The van der Waals surface area contributed by atoms with E-state index in [-0.39, 0.29) is 5.41 Å². The Bertz CT molecular complexity index is 3290. The molecule has 0 radical (unpaired) electrons. The van der Waals surface area contributed by atoms with E-state index in [1.54, 1.807) is 0 Å². The van der Waals surface area contributed by atoms with Gasteiger partial charge in [0.25, 0.3) is 0 Å². The Morgan fingerprint density at radius 2 is 0.789 bits per heavy atom. The predicted molar refractivity (Wildman–Crippen MR) is 246 cm³/mol. The van der Waals surface area contributed by atoms with Gasteiger partial charge in [0.1, 0.15) is 0 Å². The lowest BCUT2D eigenvalue weighted by molar-refractivity contribution is 0.596. The summed E-state index contributed by atoms with van der Waals surface area (Å²) in [6.07, 6.45) is 0. The SMILES string of the molecule is CC(C)(C)c1cccc2c1ccc1c2c2c3ccccc3c(-c3ccc(-c4c5ccccc5c(-c5ccccc5)c5ccccc45)cc3)cc2n1-c1ccccc1. The summed E-state index contributed by atoms with van der Waals surface area (Å²) < 4.78 is 2.48. The Hall–Kier alpha value is -6.96. The molecule has 0 aliphatic rings. The normalized spacial score (nSPS) is 12.1. The largest absolute Gasteiger partial charge is 0.309 e. The number of nitrogens with zero attached hydrogens (tertiary/aromatic N) is 1. The minimum atomic E-state index is 0.0227. The Balaban J connectivity index is 1.17. The molecular formula is C56H41N. The third-order valence-electron chi connectivity index (χ3n) is 12.1. The molecule has 0 amide bonds. The Morgan fingerprint density at radius 1 is 0.333 bits per heavy atom. The van der Waals surface area contributed by atoms with E-state index < -0.39 is 0 Å². The van der Waals surface area contributed by atoms with Crippen molar-refractivity contribution >= 4 is 64.9 Å². The summed E-state index contributed by atoms with van der Waals surface area (Å²) in [7, 11) is 0. The van der Waals surface area contributed by atoms with Crippen LogP contribution in [0.5, 0.6) is 0 Å². The molecule has 0 spiro atoms. The molecule has 0 saturated carbocycles. The fourth-order valence-corrected chi connectivity index (χ4v) is 9.64. The smallest absolute Gasteiger partial charge is 0.0553 e. The molecule has 57 heavy (non-hydrogen) atoms. The summed E-state index contributed by atoms with van der Waals surface area (Å²) in [5.74, 6) is 0. The number of rotatable bonds is 4. The molecule has 0 fully saturated rings. The fraction of sp³-hybridized carbons (Fsp3) is 0.0714. The first-order valence-corrected chi connectivity index (χ1v) is 20.0. The number of benzene rings is 10. The molecule has 0 bridgehead atoms. The van der Waals surface area contributed by atoms with Crippen molar-refractivity contribution in [3.05, 3.63) is 200 Å². The Labute approximate surface area is 333 Å². The van der Waals surface area contributed by atoms with Crippen LogP contribution in [0.25, 0.3) is 104 Å². The number of aromatic nitrogens is 1. The van der Waals surface area contributed by atoms with Crippen molar-refractivity contribution in [3.8, 4) is 39.1 Å². The van der Waals surface area contributed by atoms with Gasteiger partial charge < -0.3 is 4.57 Å². The van der Waals surface area contributed by atoms with E-state index in [1.807, 2.05) is 0 Å². The Kier molecular flexibility index (Phi) is 7.50. The van der Waals surface area contributed by atoms with Gasteiger partial charge >= 0.3 is 0 Å². The van der Waals surface area contributed by atoms with Crippen LogP contribution in [0.3, 0.4) is 0 Å². The second-order valence-electron chi connectivity index (χ2n) is 16.4. The number of hydrogen-bond acceptors (Lipinski definition) is 0. The standard InChI is InChI=1S/C56H41N/c1-56(2,3)49-28-16-27-43-41(49)33-34-50-54(43)55-42-22-11-10-21-40(42)48(35-51(55)57(50)39-19-8-5-9-20-39)36-29-31-38(32-30-36)53-46-25-14-12-23-44(46)52(37-17-6-4-7-18-37)45-24-13-15-26-47(45)53/h4-35H,1-3H3. The molecule has 11 rings (SSSR count). The van der Waals surface area contributed by atoms with Crippen molar-refractivity contribution in [2.75, 3.05) is 0 Å². The van der Waals surface area contributed by atoms with E-state index >= 15 is 0 Å².